The number of carbonyl (C=O) groups is 1. The van der Waals surface area contributed by atoms with Gasteiger partial charge in [-0.25, -0.2) is 14.8 Å². The van der Waals surface area contributed by atoms with Crippen LogP contribution in [0.3, 0.4) is 0 Å². The highest BCUT2D eigenvalue weighted by atomic mass is 32.1. The van der Waals surface area contributed by atoms with Gasteiger partial charge in [0.2, 0.25) is 5.95 Å². The highest BCUT2D eigenvalue weighted by Gasteiger charge is 2.29. The molecule has 1 aliphatic rings. The molecule has 1 saturated heterocycles. The highest BCUT2D eigenvalue weighted by Crippen LogP contribution is 2.29. The normalized spacial score (nSPS) is 18.9. The number of nitrogens with zero attached hydrogens (tertiary/aromatic N) is 2. The molecular formula is C19H24N4O2S. The van der Waals surface area contributed by atoms with E-state index in [1.54, 1.807) is 19.2 Å². The minimum absolute atomic E-state index is 0.00704. The number of esters is 1. The first-order valence-corrected chi connectivity index (χ1v) is 9.51. The number of carbonyl (C=O) groups excluding carboxylic acids is 1. The molecule has 0 aromatic carbocycles. The second-order valence-electron chi connectivity index (χ2n) is 7.01. The van der Waals surface area contributed by atoms with Crippen molar-refractivity contribution in [2.75, 3.05) is 11.9 Å². The maximum absolute atomic E-state index is 11.8. The Hall–Kier alpha value is -2.41. The maximum Gasteiger partial charge on any atom is 0.348 e. The van der Waals surface area contributed by atoms with Crippen molar-refractivity contribution in [1.82, 2.24) is 15.3 Å². The molecular weight excluding hydrogens is 348 g/mol. The van der Waals surface area contributed by atoms with E-state index in [9.17, 15) is 4.79 Å². The van der Waals surface area contributed by atoms with Crippen molar-refractivity contribution in [3.63, 3.8) is 0 Å². The molecule has 2 aromatic heterocycles. The van der Waals surface area contributed by atoms with Crippen LogP contribution in [0.1, 0.15) is 43.3 Å². The molecule has 1 aliphatic heterocycles. The molecule has 0 aliphatic carbocycles. The Morgan fingerprint density at radius 1 is 1.46 bits per heavy atom. The van der Waals surface area contributed by atoms with Crippen LogP contribution in [0.5, 0.6) is 0 Å². The van der Waals surface area contributed by atoms with Gasteiger partial charge >= 0.3 is 5.97 Å². The second-order valence-corrected chi connectivity index (χ2v) is 8.10. The van der Waals surface area contributed by atoms with Gasteiger partial charge in [0.25, 0.3) is 0 Å². The van der Waals surface area contributed by atoms with Crippen molar-refractivity contribution in [1.29, 1.82) is 0 Å². The zero-order valence-corrected chi connectivity index (χ0v) is 16.2. The van der Waals surface area contributed by atoms with Gasteiger partial charge < -0.3 is 15.4 Å². The minimum Gasteiger partial charge on any atom is -0.462 e. The van der Waals surface area contributed by atoms with Gasteiger partial charge in [0, 0.05) is 29.9 Å². The molecule has 2 N–H and O–H groups in total. The largest absolute Gasteiger partial charge is 0.462 e. The first kappa shape index (κ1) is 18.4. The maximum atomic E-state index is 11.8. The summed E-state index contributed by atoms with van der Waals surface area (Å²) in [5.41, 5.74) is 1.80. The fraction of sp³-hybridized carbons (Fsp3) is 0.421. The molecule has 6 nitrogen and oxygen atoms in total. The summed E-state index contributed by atoms with van der Waals surface area (Å²) in [7, 11) is 0. The van der Waals surface area contributed by atoms with Crippen molar-refractivity contribution in [2.24, 2.45) is 0 Å². The third-order valence-corrected chi connectivity index (χ3v) is 5.18. The Balaban J connectivity index is 1.74. The zero-order valence-electron chi connectivity index (χ0n) is 15.3. The second kappa shape index (κ2) is 7.45. The fourth-order valence-electron chi connectivity index (χ4n) is 3.20. The van der Waals surface area contributed by atoms with E-state index in [4.69, 9.17) is 4.74 Å². The lowest BCUT2D eigenvalue weighted by molar-refractivity contribution is 0.0532. The molecule has 0 spiro atoms. The smallest absolute Gasteiger partial charge is 0.348 e. The molecule has 1 unspecified atom stereocenters. The van der Waals surface area contributed by atoms with Gasteiger partial charge in [0.1, 0.15) is 4.88 Å². The van der Waals surface area contributed by atoms with Gasteiger partial charge in [0.05, 0.1) is 17.2 Å². The topological polar surface area (TPSA) is 76.1 Å². The third-order valence-electron chi connectivity index (χ3n) is 4.09. The molecule has 0 bridgehead atoms. The Morgan fingerprint density at radius 3 is 3.00 bits per heavy atom. The quantitative estimate of drug-likeness (QED) is 0.777. The van der Waals surface area contributed by atoms with Gasteiger partial charge in [-0.2, -0.15) is 0 Å². The molecule has 1 fully saturated rings. The van der Waals surface area contributed by atoms with E-state index < -0.39 is 0 Å². The summed E-state index contributed by atoms with van der Waals surface area (Å²) in [6, 6.07) is 5.73. The molecule has 3 heterocycles. The van der Waals surface area contributed by atoms with Gasteiger partial charge in [-0.15, -0.1) is 11.3 Å². The van der Waals surface area contributed by atoms with Crippen LogP contribution in [0.2, 0.25) is 0 Å². The molecule has 0 saturated carbocycles. The molecule has 2 aromatic rings. The Labute approximate surface area is 157 Å². The van der Waals surface area contributed by atoms with Crippen LogP contribution >= 0.6 is 11.3 Å². The number of nitrogens with one attached hydrogen (secondary N) is 2. The van der Waals surface area contributed by atoms with E-state index in [0.717, 1.165) is 29.1 Å². The number of hydrogen-bond acceptors (Lipinski definition) is 7. The fourth-order valence-corrected chi connectivity index (χ4v) is 4.07. The highest BCUT2D eigenvalue weighted by molar-refractivity contribution is 7.17. The number of aromatic nitrogens is 2. The summed E-state index contributed by atoms with van der Waals surface area (Å²) in [4.78, 5) is 22.3. The van der Waals surface area contributed by atoms with E-state index in [1.165, 1.54) is 11.3 Å². The number of thiophene rings is 1. The summed E-state index contributed by atoms with van der Waals surface area (Å²) in [6.45, 7) is 10.5. The van der Waals surface area contributed by atoms with Crippen LogP contribution in [0.25, 0.3) is 10.6 Å². The number of anilines is 1. The minimum atomic E-state index is -0.299. The third kappa shape index (κ3) is 4.40. The lowest BCUT2D eigenvalue weighted by atomic mass is 9.88. The summed E-state index contributed by atoms with van der Waals surface area (Å²) in [5, 5.41) is 6.83. The van der Waals surface area contributed by atoms with Gasteiger partial charge in [-0.05, 0) is 45.4 Å². The van der Waals surface area contributed by atoms with Crippen molar-refractivity contribution < 1.29 is 9.53 Å². The predicted octanol–water partition coefficient (Wildman–Crippen LogP) is 3.84. The van der Waals surface area contributed by atoms with Crippen molar-refractivity contribution in [3.05, 3.63) is 41.5 Å². The summed E-state index contributed by atoms with van der Waals surface area (Å²) in [6.07, 6.45) is 3.52. The number of ether oxygens (including phenoxy) is 1. The number of piperidine rings is 1. The van der Waals surface area contributed by atoms with E-state index in [0.29, 0.717) is 17.4 Å². The molecule has 1 atom stereocenters. The van der Waals surface area contributed by atoms with Crippen LogP contribution < -0.4 is 10.6 Å². The van der Waals surface area contributed by atoms with Crippen molar-refractivity contribution in [2.45, 2.75) is 45.2 Å². The lowest BCUT2D eigenvalue weighted by Gasteiger charge is -2.38. The Morgan fingerprint density at radius 2 is 2.27 bits per heavy atom. The SMILES string of the molecule is C=C1CC(Nc2nccc(-c3ccc(C(=O)OCC)s3)n2)CC(C)(C)N1. The van der Waals surface area contributed by atoms with Crippen LogP contribution in [0.15, 0.2) is 36.7 Å². The zero-order chi connectivity index (χ0) is 18.7. The predicted molar refractivity (Wildman–Crippen MR) is 104 cm³/mol. The van der Waals surface area contributed by atoms with E-state index in [2.05, 4.69) is 41.0 Å². The van der Waals surface area contributed by atoms with Gasteiger partial charge in [0.15, 0.2) is 0 Å². The van der Waals surface area contributed by atoms with Crippen LogP contribution in [-0.2, 0) is 4.74 Å². The first-order chi connectivity index (χ1) is 12.4. The summed E-state index contributed by atoms with van der Waals surface area (Å²) in [5.74, 6) is 0.288. The van der Waals surface area contributed by atoms with Crippen LogP contribution in [-0.4, -0.2) is 34.1 Å². The monoisotopic (exact) mass is 372 g/mol. The summed E-state index contributed by atoms with van der Waals surface area (Å²) >= 11 is 1.37. The standard InChI is InChI=1S/C19H24N4O2S/c1-5-25-17(24)16-7-6-15(26-16)14-8-9-20-18(22-14)21-13-10-12(2)23-19(3,4)11-13/h6-9,13,23H,2,5,10-11H2,1,3-4H3,(H,20,21,22). The number of rotatable bonds is 5. The molecule has 7 heteroatoms. The average Bonchev–Trinajstić information content (AvgIpc) is 3.03. The van der Waals surface area contributed by atoms with E-state index in [1.807, 2.05) is 12.1 Å². The molecule has 3 rings (SSSR count). The van der Waals surface area contributed by atoms with Crippen LogP contribution in [0, 0.1) is 0 Å². The molecule has 0 amide bonds. The van der Waals surface area contributed by atoms with E-state index >= 15 is 0 Å². The van der Waals surface area contributed by atoms with Gasteiger partial charge in [-0.3, -0.25) is 0 Å². The molecule has 138 valence electrons. The summed E-state index contributed by atoms with van der Waals surface area (Å²) < 4.78 is 5.04. The molecule has 26 heavy (non-hydrogen) atoms. The lowest BCUT2D eigenvalue weighted by Crippen LogP contribution is -2.48. The first-order valence-electron chi connectivity index (χ1n) is 8.69. The Kier molecular flexibility index (Phi) is 5.27. The van der Waals surface area contributed by atoms with Crippen molar-refractivity contribution in [3.8, 4) is 10.6 Å². The van der Waals surface area contributed by atoms with Crippen molar-refractivity contribution >= 4 is 23.3 Å². The molecule has 0 radical (unpaired) electrons. The Bertz CT molecular complexity index is 815. The average molecular weight is 372 g/mol. The number of hydrogen-bond donors (Lipinski definition) is 2. The van der Waals surface area contributed by atoms with E-state index in [-0.39, 0.29) is 17.6 Å². The van der Waals surface area contributed by atoms with Gasteiger partial charge in [-0.1, -0.05) is 6.58 Å². The van der Waals surface area contributed by atoms with Crippen LogP contribution in [0.4, 0.5) is 5.95 Å².